The van der Waals surface area contributed by atoms with E-state index in [9.17, 15) is 14.4 Å². The molecule has 11 nitrogen and oxygen atoms in total. The second-order valence-corrected chi connectivity index (χ2v) is 10.2. The molecule has 2 aromatic heterocycles. The van der Waals surface area contributed by atoms with Gasteiger partial charge in [-0.1, -0.05) is 43.3 Å². The summed E-state index contributed by atoms with van der Waals surface area (Å²) in [5.41, 5.74) is 7.03. The van der Waals surface area contributed by atoms with E-state index < -0.39 is 23.7 Å². The van der Waals surface area contributed by atoms with Gasteiger partial charge in [0.25, 0.3) is 0 Å². The molecule has 4 rings (SSSR count). The molecule has 3 N–H and O–H groups in total. The molecule has 208 valence electrons. The van der Waals surface area contributed by atoms with E-state index in [1.807, 2.05) is 30.3 Å². The highest BCUT2D eigenvalue weighted by atomic mass is 16.6. The van der Waals surface area contributed by atoms with E-state index in [0.717, 1.165) is 12.0 Å². The van der Waals surface area contributed by atoms with E-state index in [1.165, 1.54) is 4.90 Å². The number of hydrogen-bond donors (Lipinski definition) is 2. The maximum absolute atomic E-state index is 12.9. The molecule has 0 bridgehead atoms. The first-order chi connectivity index (χ1) is 18.7. The topological polar surface area (TPSA) is 141 Å². The summed E-state index contributed by atoms with van der Waals surface area (Å²) in [6.07, 6.45) is 1.25. The van der Waals surface area contributed by atoms with Crippen LogP contribution in [0.1, 0.15) is 63.2 Å². The van der Waals surface area contributed by atoms with Crippen LogP contribution in [-0.4, -0.2) is 62.0 Å². The highest BCUT2D eigenvalue weighted by molar-refractivity contribution is 5.87. The van der Waals surface area contributed by atoms with Crippen molar-refractivity contribution in [1.82, 2.24) is 24.8 Å². The smallest absolute Gasteiger partial charge is 0.410 e. The molecule has 1 aliphatic rings. The summed E-state index contributed by atoms with van der Waals surface area (Å²) in [6, 6.07) is 13.9. The number of rotatable bonds is 11. The summed E-state index contributed by atoms with van der Waals surface area (Å²) in [7, 11) is 0. The fraction of sp³-hybridized carbons (Fsp3) is 0.464. The zero-order valence-corrected chi connectivity index (χ0v) is 22.6. The van der Waals surface area contributed by atoms with Gasteiger partial charge in [-0.15, -0.1) is 10.2 Å². The van der Waals surface area contributed by atoms with Crippen molar-refractivity contribution >= 4 is 23.4 Å². The molecule has 3 aromatic rings. The van der Waals surface area contributed by atoms with Crippen LogP contribution in [0.4, 0.5) is 4.79 Å². The number of ketones is 1. The minimum Gasteiger partial charge on any atom is -0.443 e. The van der Waals surface area contributed by atoms with Crippen molar-refractivity contribution in [3.63, 3.8) is 0 Å². The number of fused-ring (bicyclic) bond motifs is 1. The number of hydrogen-bond acceptors (Lipinski definition) is 8. The number of nitrogens with two attached hydrogens (primary N) is 1. The Morgan fingerprint density at radius 3 is 2.59 bits per heavy atom. The van der Waals surface area contributed by atoms with Crippen LogP contribution in [0.25, 0.3) is 5.65 Å². The number of pyridine rings is 1. The maximum atomic E-state index is 12.9. The first-order valence-electron chi connectivity index (χ1n) is 13.2. The van der Waals surface area contributed by atoms with Crippen LogP contribution in [0.5, 0.6) is 0 Å². The van der Waals surface area contributed by atoms with Gasteiger partial charge in [-0.2, -0.15) is 0 Å². The quantitative estimate of drug-likeness (QED) is 0.381. The normalized spacial score (nSPS) is 16.3. The van der Waals surface area contributed by atoms with Crippen molar-refractivity contribution in [2.45, 2.75) is 70.9 Å². The second kappa shape index (κ2) is 12.4. The Hall–Kier alpha value is -3.83. The number of benzene rings is 1. The second-order valence-electron chi connectivity index (χ2n) is 10.2. The van der Waals surface area contributed by atoms with Crippen molar-refractivity contribution in [1.29, 1.82) is 0 Å². The van der Waals surface area contributed by atoms with Gasteiger partial charge in [0.2, 0.25) is 5.91 Å². The van der Waals surface area contributed by atoms with Gasteiger partial charge < -0.3 is 20.5 Å². The molecule has 1 aliphatic heterocycles. The number of ether oxygens (including phenoxy) is 2. The lowest BCUT2D eigenvalue weighted by atomic mass is 10.1. The Morgan fingerprint density at radius 2 is 1.87 bits per heavy atom. The minimum atomic E-state index is -1.13. The molecule has 1 fully saturated rings. The van der Waals surface area contributed by atoms with Gasteiger partial charge in [-0.3, -0.25) is 18.9 Å². The number of amides is 2. The molecule has 11 heteroatoms. The highest BCUT2D eigenvalue weighted by Crippen LogP contribution is 2.22. The molecule has 2 atom stereocenters. The van der Waals surface area contributed by atoms with Gasteiger partial charge >= 0.3 is 6.09 Å². The first kappa shape index (κ1) is 28.2. The molecule has 0 radical (unpaired) electrons. The monoisotopic (exact) mass is 536 g/mol. The highest BCUT2D eigenvalue weighted by Gasteiger charge is 2.34. The third-order valence-electron chi connectivity index (χ3n) is 6.68. The minimum absolute atomic E-state index is 0.0320. The summed E-state index contributed by atoms with van der Waals surface area (Å²) in [4.78, 5) is 39.5. The van der Waals surface area contributed by atoms with Crippen LogP contribution < -0.4 is 11.1 Å². The summed E-state index contributed by atoms with van der Waals surface area (Å²) in [5, 5.41) is 11.5. The number of likely N-dealkylation sites (tertiary alicyclic amines) is 1. The molecule has 3 heterocycles. The lowest BCUT2D eigenvalue weighted by Crippen LogP contribution is -2.51. The van der Waals surface area contributed by atoms with E-state index in [4.69, 9.17) is 15.2 Å². The van der Waals surface area contributed by atoms with Gasteiger partial charge in [0, 0.05) is 13.0 Å². The standard InChI is InChI=1S/C28H36N6O5/c1-4-23(35)22-13-9-15-33(22)27(37)39-17-20-12-8-14-24-31-32-25(34(20)24)21(30-26(36)28(2,3)29)18-38-16-19-10-6-5-7-11-19/h5-8,10-12,14,21-22H,4,9,13,15-18,29H2,1-3H3,(H,30,36)/t21-,22-/m1/s1. The van der Waals surface area contributed by atoms with Crippen LogP contribution in [0.2, 0.25) is 0 Å². The lowest BCUT2D eigenvalue weighted by molar-refractivity contribution is -0.126. The largest absolute Gasteiger partial charge is 0.443 e. The average Bonchev–Trinajstić information content (AvgIpc) is 3.59. The van der Waals surface area contributed by atoms with E-state index in [1.54, 1.807) is 43.4 Å². The Labute approximate surface area is 227 Å². The molecular weight excluding hydrogens is 500 g/mol. The van der Waals surface area contributed by atoms with E-state index >= 15 is 0 Å². The van der Waals surface area contributed by atoms with Crippen LogP contribution in [0.3, 0.4) is 0 Å². The molecular formula is C28H36N6O5. The van der Waals surface area contributed by atoms with Crippen LogP contribution in [0, 0.1) is 0 Å². The summed E-state index contributed by atoms with van der Waals surface area (Å²) >= 11 is 0. The zero-order valence-electron chi connectivity index (χ0n) is 22.6. The first-order valence-corrected chi connectivity index (χ1v) is 13.2. The van der Waals surface area contributed by atoms with Crippen LogP contribution in [0.15, 0.2) is 48.5 Å². The average molecular weight is 537 g/mol. The van der Waals surface area contributed by atoms with E-state index in [0.29, 0.717) is 43.2 Å². The Morgan fingerprint density at radius 1 is 1.10 bits per heavy atom. The van der Waals surface area contributed by atoms with Gasteiger partial charge in [0.15, 0.2) is 17.3 Å². The molecule has 39 heavy (non-hydrogen) atoms. The summed E-state index contributed by atoms with van der Waals surface area (Å²) in [5.74, 6) is 0.0734. The van der Waals surface area contributed by atoms with Crippen molar-refractivity contribution in [3.05, 3.63) is 65.6 Å². The van der Waals surface area contributed by atoms with E-state index in [-0.39, 0.29) is 24.9 Å². The number of aromatic nitrogens is 3. The maximum Gasteiger partial charge on any atom is 0.410 e. The number of carbonyl (C=O) groups is 3. The molecule has 0 spiro atoms. The van der Waals surface area contributed by atoms with Gasteiger partial charge in [-0.05, 0) is 44.4 Å². The fourth-order valence-corrected chi connectivity index (χ4v) is 4.54. The Bertz CT molecular complexity index is 1300. The van der Waals surface area contributed by atoms with Crippen molar-refractivity contribution in [2.24, 2.45) is 5.73 Å². The van der Waals surface area contributed by atoms with Gasteiger partial charge in [0.1, 0.15) is 12.6 Å². The molecule has 2 amide bonds. The van der Waals surface area contributed by atoms with Crippen molar-refractivity contribution < 1.29 is 23.9 Å². The fourth-order valence-electron chi connectivity index (χ4n) is 4.54. The zero-order chi connectivity index (χ0) is 28.0. The Balaban J connectivity index is 1.55. The lowest BCUT2D eigenvalue weighted by Gasteiger charge is -2.24. The van der Waals surface area contributed by atoms with Crippen molar-refractivity contribution in [3.8, 4) is 0 Å². The molecule has 0 unspecified atom stereocenters. The van der Waals surface area contributed by atoms with Crippen LogP contribution >= 0.6 is 0 Å². The third kappa shape index (κ3) is 6.79. The number of carbonyl (C=O) groups excluding carboxylic acids is 3. The van der Waals surface area contributed by atoms with Crippen molar-refractivity contribution in [2.75, 3.05) is 13.2 Å². The molecule has 1 saturated heterocycles. The predicted molar refractivity (Wildman–Crippen MR) is 143 cm³/mol. The number of nitrogens with zero attached hydrogens (tertiary/aromatic N) is 4. The number of nitrogens with one attached hydrogen (secondary N) is 1. The molecule has 0 saturated carbocycles. The SMILES string of the molecule is CCC(=O)[C@H]1CCCN1C(=O)OCc1cccc2nnc([C@@H](COCc3ccccc3)NC(=O)C(C)(C)N)n12. The Kier molecular flexibility index (Phi) is 8.93. The third-order valence-corrected chi connectivity index (χ3v) is 6.68. The van der Waals surface area contributed by atoms with Gasteiger partial charge in [0.05, 0.1) is 30.5 Å². The van der Waals surface area contributed by atoms with Gasteiger partial charge in [-0.25, -0.2) is 4.79 Å². The summed E-state index contributed by atoms with van der Waals surface area (Å²) < 4.78 is 13.3. The van der Waals surface area contributed by atoms with E-state index in [2.05, 4.69) is 15.5 Å². The van der Waals surface area contributed by atoms with Crippen LogP contribution in [-0.2, 0) is 32.3 Å². The molecule has 0 aliphatic carbocycles. The number of Topliss-reactive ketones (excluding diaryl/α,β-unsaturated/α-hetero) is 1. The summed E-state index contributed by atoms with van der Waals surface area (Å²) in [6.45, 7) is 5.90. The molecule has 1 aromatic carbocycles. The predicted octanol–water partition coefficient (Wildman–Crippen LogP) is 2.92.